The van der Waals surface area contributed by atoms with Crippen molar-refractivity contribution < 1.29 is 4.52 Å². The summed E-state index contributed by atoms with van der Waals surface area (Å²) in [5, 5.41) is 3.99. The molecule has 90 valence electrons. The van der Waals surface area contributed by atoms with Gasteiger partial charge in [0.1, 0.15) is 5.76 Å². The Hall–Kier alpha value is -1.22. The standard InChI is InChI=1S/C14H17NOS/c1-10-4-5-11(2)13(6-10)8-17-9-14-7-12(3)16-15-14/h4-7H,8-9H2,1-3H3. The Morgan fingerprint density at radius 1 is 1.12 bits per heavy atom. The molecule has 1 aromatic carbocycles. The summed E-state index contributed by atoms with van der Waals surface area (Å²) < 4.78 is 5.05. The van der Waals surface area contributed by atoms with Gasteiger partial charge in [-0.1, -0.05) is 28.9 Å². The van der Waals surface area contributed by atoms with Crippen LogP contribution in [0.2, 0.25) is 0 Å². The molecule has 0 aliphatic heterocycles. The smallest absolute Gasteiger partial charge is 0.133 e. The van der Waals surface area contributed by atoms with E-state index in [1.165, 1.54) is 16.7 Å². The van der Waals surface area contributed by atoms with Crippen molar-refractivity contribution in [2.45, 2.75) is 32.3 Å². The monoisotopic (exact) mass is 247 g/mol. The zero-order valence-electron chi connectivity index (χ0n) is 10.5. The lowest BCUT2D eigenvalue weighted by Crippen LogP contribution is -1.89. The van der Waals surface area contributed by atoms with Crippen molar-refractivity contribution in [3.05, 3.63) is 52.4 Å². The van der Waals surface area contributed by atoms with E-state index in [1.807, 2.05) is 24.8 Å². The summed E-state index contributed by atoms with van der Waals surface area (Å²) in [6, 6.07) is 8.60. The van der Waals surface area contributed by atoms with Gasteiger partial charge in [-0.3, -0.25) is 0 Å². The number of aryl methyl sites for hydroxylation is 3. The molecule has 17 heavy (non-hydrogen) atoms. The fourth-order valence-electron chi connectivity index (χ4n) is 1.71. The highest BCUT2D eigenvalue weighted by Crippen LogP contribution is 2.20. The van der Waals surface area contributed by atoms with Crippen LogP contribution >= 0.6 is 11.8 Å². The normalized spacial score (nSPS) is 10.8. The zero-order chi connectivity index (χ0) is 12.3. The predicted octanol–water partition coefficient (Wildman–Crippen LogP) is 4.03. The van der Waals surface area contributed by atoms with Crippen LogP contribution in [-0.4, -0.2) is 5.16 Å². The molecular weight excluding hydrogens is 230 g/mol. The summed E-state index contributed by atoms with van der Waals surface area (Å²) in [6.45, 7) is 6.22. The molecule has 0 atom stereocenters. The molecular formula is C14H17NOS. The number of aromatic nitrogens is 1. The average Bonchev–Trinajstić information content (AvgIpc) is 2.69. The lowest BCUT2D eigenvalue weighted by Gasteiger charge is -2.05. The van der Waals surface area contributed by atoms with E-state index in [-0.39, 0.29) is 0 Å². The van der Waals surface area contributed by atoms with E-state index in [9.17, 15) is 0 Å². The number of thioether (sulfide) groups is 1. The van der Waals surface area contributed by atoms with Crippen molar-refractivity contribution in [3.63, 3.8) is 0 Å². The first-order chi connectivity index (χ1) is 8.15. The molecule has 0 saturated carbocycles. The van der Waals surface area contributed by atoms with Crippen LogP contribution in [0.15, 0.2) is 28.8 Å². The minimum atomic E-state index is 0.882. The van der Waals surface area contributed by atoms with E-state index >= 15 is 0 Å². The van der Waals surface area contributed by atoms with E-state index in [0.717, 1.165) is 23.0 Å². The summed E-state index contributed by atoms with van der Waals surface area (Å²) in [5.74, 6) is 2.82. The van der Waals surface area contributed by atoms with Gasteiger partial charge in [-0.25, -0.2) is 0 Å². The molecule has 0 fully saturated rings. The van der Waals surface area contributed by atoms with Gasteiger partial charge in [0.05, 0.1) is 5.69 Å². The topological polar surface area (TPSA) is 26.0 Å². The van der Waals surface area contributed by atoms with Crippen LogP contribution in [0.25, 0.3) is 0 Å². The van der Waals surface area contributed by atoms with Crippen molar-refractivity contribution >= 4 is 11.8 Å². The van der Waals surface area contributed by atoms with Gasteiger partial charge in [-0.15, -0.1) is 0 Å². The molecule has 0 radical (unpaired) electrons. The van der Waals surface area contributed by atoms with Crippen LogP contribution in [-0.2, 0) is 11.5 Å². The van der Waals surface area contributed by atoms with Crippen LogP contribution in [0.5, 0.6) is 0 Å². The first-order valence-electron chi connectivity index (χ1n) is 5.71. The van der Waals surface area contributed by atoms with Crippen LogP contribution in [0.3, 0.4) is 0 Å². The van der Waals surface area contributed by atoms with Crippen molar-refractivity contribution in [2.24, 2.45) is 0 Å². The number of benzene rings is 1. The maximum atomic E-state index is 5.05. The Morgan fingerprint density at radius 3 is 2.65 bits per heavy atom. The summed E-state index contributed by atoms with van der Waals surface area (Å²) in [7, 11) is 0. The molecule has 1 aromatic heterocycles. The Labute approximate surface area is 106 Å². The van der Waals surface area contributed by atoms with Crippen molar-refractivity contribution in [1.82, 2.24) is 5.16 Å². The minimum absolute atomic E-state index is 0.882. The summed E-state index contributed by atoms with van der Waals surface area (Å²) in [4.78, 5) is 0. The minimum Gasteiger partial charge on any atom is -0.361 e. The van der Waals surface area contributed by atoms with Gasteiger partial charge < -0.3 is 4.52 Å². The second-order valence-corrected chi connectivity index (χ2v) is 5.34. The highest BCUT2D eigenvalue weighted by molar-refractivity contribution is 7.97. The summed E-state index contributed by atoms with van der Waals surface area (Å²) in [5.41, 5.74) is 5.12. The van der Waals surface area contributed by atoms with Crippen LogP contribution in [0.1, 0.15) is 28.1 Å². The SMILES string of the molecule is Cc1ccc(C)c(CSCc2cc(C)on2)c1. The molecule has 0 amide bonds. The van der Waals surface area contributed by atoms with Gasteiger partial charge in [-0.05, 0) is 31.9 Å². The summed E-state index contributed by atoms with van der Waals surface area (Å²) in [6.07, 6.45) is 0. The molecule has 2 nitrogen and oxygen atoms in total. The van der Waals surface area contributed by atoms with Gasteiger partial charge >= 0.3 is 0 Å². The van der Waals surface area contributed by atoms with E-state index < -0.39 is 0 Å². The third kappa shape index (κ3) is 3.37. The average molecular weight is 247 g/mol. The Morgan fingerprint density at radius 2 is 1.94 bits per heavy atom. The number of hydrogen-bond acceptors (Lipinski definition) is 3. The van der Waals surface area contributed by atoms with Gasteiger partial charge in [0, 0.05) is 17.6 Å². The number of nitrogens with zero attached hydrogens (tertiary/aromatic N) is 1. The van der Waals surface area contributed by atoms with E-state index in [4.69, 9.17) is 4.52 Å². The maximum Gasteiger partial charge on any atom is 0.133 e. The molecule has 0 bridgehead atoms. The Bertz CT molecular complexity index is 505. The van der Waals surface area contributed by atoms with Crippen LogP contribution in [0.4, 0.5) is 0 Å². The lowest BCUT2D eigenvalue weighted by molar-refractivity contribution is 0.393. The number of hydrogen-bond donors (Lipinski definition) is 0. The van der Waals surface area contributed by atoms with Gasteiger partial charge in [-0.2, -0.15) is 11.8 Å². The molecule has 2 aromatic rings. The predicted molar refractivity (Wildman–Crippen MR) is 72.2 cm³/mol. The molecule has 0 aliphatic rings. The fourth-order valence-corrected chi connectivity index (χ4v) is 2.69. The van der Waals surface area contributed by atoms with Gasteiger partial charge in [0.2, 0.25) is 0 Å². The molecule has 3 heteroatoms. The van der Waals surface area contributed by atoms with Gasteiger partial charge in [0.15, 0.2) is 0 Å². The van der Waals surface area contributed by atoms with E-state index in [2.05, 4.69) is 37.2 Å². The van der Waals surface area contributed by atoms with Crippen LogP contribution < -0.4 is 0 Å². The van der Waals surface area contributed by atoms with Crippen LogP contribution in [0, 0.1) is 20.8 Å². The van der Waals surface area contributed by atoms with Crippen molar-refractivity contribution in [1.29, 1.82) is 0 Å². The van der Waals surface area contributed by atoms with E-state index in [0.29, 0.717) is 0 Å². The molecule has 0 saturated heterocycles. The first kappa shape index (κ1) is 12.2. The third-order valence-electron chi connectivity index (χ3n) is 2.69. The first-order valence-corrected chi connectivity index (χ1v) is 6.86. The summed E-state index contributed by atoms with van der Waals surface area (Å²) >= 11 is 1.87. The lowest BCUT2D eigenvalue weighted by atomic mass is 10.1. The molecule has 0 spiro atoms. The molecule has 0 N–H and O–H groups in total. The zero-order valence-corrected chi connectivity index (χ0v) is 11.3. The molecule has 1 heterocycles. The third-order valence-corrected chi connectivity index (χ3v) is 3.70. The van der Waals surface area contributed by atoms with E-state index in [1.54, 1.807) is 0 Å². The molecule has 0 aliphatic carbocycles. The Kier molecular flexibility index (Phi) is 3.89. The second kappa shape index (κ2) is 5.41. The van der Waals surface area contributed by atoms with Gasteiger partial charge in [0.25, 0.3) is 0 Å². The molecule has 0 unspecified atom stereocenters. The fraction of sp³-hybridized carbons (Fsp3) is 0.357. The second-order valence-electron chi connectivity index (χ2n) is 4.35. The van der Waals surface area contributed by atoms with Crippen molar-refractivity contribution in [3.8, 4) is 0 Å². The largest absolute Gasteiger partial charge is 0.361 e. The van der Waals surface area contributed by atoms with Crippen molar-refractivity contribution in [2.75, 3.05) is 0 Å². The quantitative estimate of drug-likeness (QED) is 0.815. The Balaban J connectivity index is 1.91. The molecule has 2 rings (SSSR count). The number of rotatable bonds is 4. The maximum absolute atomic E-state index is 5.05. The highest BCUT2D eigenvalue weighted by Gasteiger charge is 2.02. The highest BCUT2D eigenvalue weighted by atomic mass is 32.2.